The largest absolute Gasteiger partial charge is 0.246 e. The van der Waals surface area contributed by atoms with Gasteiger partial charge in [-0.25, -0.2) is 17.5 Å². The van der Waals surface area contributed by atoms with Gasteiger partial charge in [0.25, 0.3) is 0 Å². The highest BCUT2D eigenvalue weighted by Gasteiger charge is 2.14. The van der Waals surface area contributed by atoms with E-state index in [4.69, 9.17) is 0 Å². The second-order valence-corrected chi connectivity index (χ2v) is 6.10. The monoisotopic (exact) mass is 343 g/mol. The molecule has 0 aliphatic heterocycles. The molecule has 0 spiro atoms. The standard InChI is InChI=1S/C9H11FINO2S/c1-7(10)6-12-15(13,14)9-4-2-8(11)3-5-9/h2-5,7,12H,6H2,1H3. The zero-order valence-corrected chi connectivity index (χ0v) is 11.0. The van der Waals surface area contributed by atoms with Crippen LogP contribution in [0.4, 0.5) is 4.39 Å². The molecule has 3 nitrogen and oxygen atoms in total. The molecule has 0 radical (unpaired) electrons. The van der Waals surface area contributed by atoms with Gasteiger partial charge in [-0.05, 0) is 53.8 Å². The van der Waals surface area contributed by atoms with Crippen molar-refractivity contribution in [3.63, 3.8) is 0 Å². The Morgan fingerprint density at radius 2 is 1.93 bits per heavy atom. The van der Waals surface area contributed by atoms with Gasteiger partial charge in [0.1, 0.15) is 6.17 Å². The number of sulfonamides is 1. The van der Waals surface area contributed by atoms with Crippen LogP contribution in [0.5, 0.6) is 0 Å². The molecule has 0 aliphatic rings. The van der Waals surface area contributed by atoms with E-state index in [-0.39, 0.29) is 11.4 Å². The summed E-state index contributed by atoms with van der Waals surface area (Å²) in [5.41, 5.74) is 0. The molecular weight excluding hydrogens is 332 g/mol. The Labute approximate surface area is 102 Å². The number of benzene rings is 1. The molecule has 0 saturated carbocycles. The molecule has 0 bridgehead atoms. The maximum absolute atomic E-state index is 12.5. The number of halogens is 2. The minimum Gasteiger partial charge on any atom is -0.246 e. The highest BCUT2D eigenvalue weighted by atomic mass is 127. The first-order valence-electron chi connectivity index (χ1n) is 4.31. The van der Waals surface area contributed by atoms with Crippen LogP contribution in [-0.4, -0.2) is 21.1 Å². The first kappa shape index (κ1) is 12.9. The SMILES string of the molecule is CC(F)CNS(=O)(=O)c1ccc(I)cc1. The predicted octanol–water partition coefficient (Wildman–Crippen LogP) is 1.93. The molecule has 1 aromatic rings. The zero-order valence-electron chi connectivity index (χ0n) is 8.07. The van der Waals surface area contributed by atoms with Crippen molar-refractivity contribution in [2.24, 2.45) is 0 Å². The topological polar surface area (TPSA) is 46.2 Å². The fraction of sp³-hybridized carbons (Fsp3) is 0.333. The lowest BCUT2D eigenvalue weighted by molar-refractivity contribution is 0.360. The van der Waals surface area contributed by atoms with Crippen LogP contribution >= 0.6 is 22.6 Å². The highest BCUT2D eigenvalue weighted by molar-refractivity contribution is 14.1. The number of hydrogen-bond donors (Lipinski definition) is 1. The minimum atomic E-state index is -3.57. The summed E-state index contributed by atoms with van der Waals surface area (Å²) in [6, 6.07) is 6.36. The van der Waals surface area contributed by atoms with Crippen LogP contribution < -0.4 is 4.72 Å². The van der Waals surface area contributed by atoms with Crippen LogP contribution in [0, 0.1) is 3.57 Å². The molecule has 1 rings (SSSR count). The normalized spacial score (nSPS) is 13.8. The van der Waals surface area contributed by atoms with Crippen LogP contribution in [0.15, 0.2) is 29.2 Å². The van der Waals surface area contributed by atoms with E-state index in [0.29, 0.717) is 0 Å². The van der Waals surface area contributed by atoms with E-state index in [2.05, 4.69) is 27.3 Å². The third-order valence-electron chi connectivity index (χ3n) is 1.68. The van der Waals surface area contributed by atoms with E-state index in [0.717, 1.165) is 3.57 Å². The molecule has 6 heteroatoms. The van der Waals surface area contributed by atoms with Crippen LogP contribution in [0.25, 0.3) is 0 Å². The number of alkyl halides is 1. The lowest BCUT2D eigenvalue weighted by atomic mass is 10.4. The van der Waals surface area contributed by atoms with Gasteiger partial charge in [0, 0.05) is 10.1 Å². The first-order valence-corrected chi connectivity index (χ1v) is 6.87. The number of hydrogen-bond acceptors (Lipinski definition) is 2. The smallest absolute Gasteiger partial charge is 0.240 e. The first-order chi connectivity index (χ1) is 6.92. The summed E-state index contributed by atoms with van der Waals surface area (Å²) in [6.45, 7) is 1.10. The van der Waals surface area contributed by atoms with E-state index in [1.54, 1.807) is 12.1 Å². The van der Waals surface area contributed by atoms with Crippen molar-refractivity contribution in [2.75, 3.05) is 6.54 Å². The van der Waals surface area contributed by atoms with E-state index in [1.807, 2.05) is 0 Å². The lowest BCUT2D eigenvalue weighted by Crippen LogP contribution is -2.29. The van der Waals surface area contributed by atoms with E-state index >= 15 is 0 Å². The molecule has 0 heterocycles. The van der Waals surface area contributed by atoms with Crippen molar-refractivity contribution < 1.29 is 12.8 Å². The average Bonchev–Trinajstić information content (AvgIpc) is 2.16. The van der Waals surface area contributed by atoms with Crippen molar-refractivity contribution in [1.29, 1.82) is 0 Å². The second-order valence-electron chi connectivity index (χ2n) is 3.09. The molecule has 1 unspecified atom stereocenters. The molecule has 1 aromatic carbocycles. The van der Waals surface area contributed by atoms with Gasteiger partial charge < -0.3 is 0 Å². The fourth-order valence-electron chi connectivity index (χ4n) is 0.922. The summed E-state index contributed by atoms with van der Waals surface area (Å²) in [7, 11) is -3.57. The van der Waals surface area contributed by atoms with Crippen molar-refractivity contribution in [3.05, 3.63) is 27.8 Å². The van der Waals surface area contributed by atoms with E-state index in [1.165, 1.54) is 19.1 Å². The van der Waals surface area contributed by atoms with Gasteiger partial charge in [0.05, 0.1) is 4.90 Å². The van der Waals surface area contributed by atoms with Gasteiger partial charge in [-0.1, -0.05) is 0 Å². The van der Waals surface area contributed by atoms with Gasteiger partial charge in [-0.2, -0.15) is 0 Å². The van der Waals surface area contributed by atoms with Gasteiger partial charge in [0.15, 0.2) is 0 Å². The molecule has 0 aliphatic carbocycles. The summed E-state index contributed by atoms with van der Waals surface area (Å²) in [6.07, 6.45) is -1.19. The molecule has 1 atom stereocenters. The van der Waals surface area contributed by atoms with Crippen molar-refractivity contribution in [3.8, 4) is 0 Å². The van der Waals surface area contributed by atoms with Gasteiger partial charge in [0.2, 0.25) is 10.0 Å². The Morgan fingerprint density at radius 1 is 1.40 bits per heavy atom. The minimum absolute atomic E-state index is 0.156. The van der Waals surface area contributed by atoms with Gasteiger partial charge >= 0.3 is 0 Å². The predicted molar refractivity (Wildman–Crippen MR) is 64.9 cm³/mol. The highest BCUT2D eigenvalue weighted by Crippen LogP contribution is 2.11. The second kappa shape index (κ2) is 5.22. The third kappa shape index (κ3) is 4.04. The summed E-state index contributed by atoms with van der Waals surface area (Å²) < 4.78 is 38.8. The van der Waals surface area contributed by atoms with E-state index in [9.17, 15) is 12.8 Å². The maximum atomic E-state index is 12.5. The van der Waals surface area contributed by atoms with Crippen LogP contribution in [-0.2, 0) is 10.0 Å². The third-order valence-corrected chi connectivity index (χ3v) is 3.84. The molecule has 0 fully saturated rings. The summed E-state index contributed by atoms with van der Waals surface area (Å²) in [4.78, 5) is 0.156. The van der Waals surface area contributed by atoms with Gasteiger partial charge in [-0.15, -0.1) is 0 Å². The Bertz CT molecular complexity index is 416. The molecule has 1 N–H and O–H groups in total. The average molecular weight is 343 g/mol. The fourth-order valence-corrected chi connectivity index (χ4v) is 2.39. The van der Waals surface area contributed by atoms with Gasteiger partial charge in [-0.3, -0.25) is 0 Å². The molecular formula is C9H11FINO2S. The Hall–Kier alpha value is -0.210. The maximum Gasteiger partial charge on any atom is 0.240 e. The molecule has 0 amide bonds. The number of nitrogens with one attached hydrogen (secondary N) is 1. The zero-order chi connectivity index (χ0) is 11.5. The van der Waals surface area contributed by atoms with Crippen LogP contribution in [0.2, 0.25) is 0 Å². The Morgan fingerprint density at radius 3 is 2.40 bits per heavy atom. The Kier molecular flexibility index (Phi) is 4.47. The van der Waals surface area contributed by atoms with E-state index < -0.39 is 16.2 Å². The van der Waals surface area contributed by atoms with Crippen LogP contribution in [0.3, 0.4) is 0 Å². The van der Waals surface area contributed by atoms with Crippen molar-refractivity contribution >= 4 is 32.6 Å². The quantitative estimate of drug-likeness (QED) is 0.850. The number of rotatable bonds is 4. The van der Waals surface area contributed by atoms with Crippen molar-refractivity contribution in [2.45, 2.75) is 18.0 Å². The summed E-state index contributed by atoms with van der Waals surface area (Å²) >= 11 is 2.08. The van der Waals surface area contributed by atoms with Crippen LogP contribution in [0.1, 0.15) is 6.92 Å². The lowest BCUT2D eigenvalue weighted by Gasteiger charge is -2.06. The molecule has 0 aromatic heterocycles. The molecule has 0 saturated heterocycles. The Balaban J connectivity index is 2.82. The molecule has 15 heavy (non-hydrogen) atoms. The summed E-state index contributed by atoms with van der Waals surface area (Å²) in [5.74, 6) is 0. The summed E-state index contributed by atoms with van der Waals surface area (Å²) in [5, 5.41) is 0. The molecule has 84 valence electrons. The van der Waals surface area contributed by atoms with Crippen molar-refractivity contribution in [1.82, 2.24) is 4.72 Å².